The summed E-state index contributed by atoms with van der Waals surface area (Å²) in [4.78, 5) is 0. The first kappa shape index (κ1) is 11.2. The van der Waals surface area contributed by atoms with Crippen LogP contribution in [-0.2, 0) is 11.8 Å². The van der Waals surface area contributed by atoms with Crippen molar-refractivity contribution in [1.82, 2.24) is 9.78 Å². The van der Waals surface area contributed by atoms with E-state index in [0.717, 1.165) is 0 Å². The van der Waals surface area contributed by atoms with E-state index >= 15 is 0 Å². The minimum absolute atomic E-state index is 0.580. The van der Waals surface area contributed by atoms with E-state index in [2.05, 4.69) is 5.10 Å². The van der Waals surface area contributed by atoms with Crippen LogP contribution in [0, 0.1) is 0 Å². The summed E-state index contributed by atoms with van der Waals surface area (Å²) >= 11 is 0. The third-order valence-electron chi connectivity index (χ3n) is 2.19. The van der Waals surface area contributed by atoms with E-state index in [4.69, 9.17) is 4.74 Å². The Kier molecular flexibility index (Phi) is 3.29. The molecule has 0 fully saturated rings. The average Bonchev–Trinajstić information content (AvgIpc) is 2.50. The number of rotatable bonds is 4. The van der Waals surface area contributed by atoms with Gasteiger partial charge in [0.05, 0.1) is 11.3 Å². The van der Waals surface area contributed by atoms with Crippen LogP contribution in [0.3, 0.4) is 0 Å². The fourth-order valence-corrected chi connectivity index (χ4v) is 1.39. The first-order valence-corrected chi connectivity index (χ1v) is 4.79. The van der Waals surface area contributed by atoms with Crippen molar-refractivity contribution in [3.05, 3.63) is 18.0 Å². The molecule has 1 atom stereocenters. The zero-order valence-electron chi connectivity index (χ0n) is 9.19. The third kappa shape index (κ3) is 2.33. The number of aryl methyl sites for hydroxylation is 1. The maximum Gasteiger partial charge on any atom is 0.126 e. The second-order valence-corrected chi connectivity index (χ2v) is 3.85. The Balaban J connectivity index is 2.78. The number of nitrogens with zero attached hydrogens (tertiary/aromatic N) is 2. The van der Waals surface area contributed by atoms with E-state index in [1.807, 2.05) is 27.8 Å². The molecule has 0 aliphatic rings. The van der Waals surface area contributed by atoms with Crippen molar-refractivity contribution in [2.75, 3.05) is 6.61 Å². The third-order valence-corrected chi connectivity index (χ3v) is 2.19. The Morgan fingerprint density at radius 3 is 2.71 bits per heavy atom. The molecule has 1 aromatic heterocycles. The van der Waals surface area contributed by atoms with Gasteiger partial charge in [0.25, 0.3) is 0 Å². The molecule has 0 amide bonds. The maximum absolute atomic E-state index is 9.99. The molecule has 1 rings (SSSR count). The topological polar surface area (TPSA) is 47.3 Å². The average molecular weight is 198 g/mol. The lowest BCUT2D eigenvalue weighted by Gasteiger charge is -2.29. The van der Waals surface area contributed by atoms with Gasteiger partial charge in [-0.25, -0.2) is 0 Å². The van der Waals surface area contributed by atoms with Crippen molar-refractivity contribution >= 4 is 0 Å². The highest BCUT2D eigenvalue weighted by atomic mass is 16.5. The molecule has 1 aromatic rings. The molecule has 4 heteroatoms. The standard InChI is InChI=1S/C10H18N2O2/c1-5-14-10(2,3)9(13)8-6-7-12(4)11-8/h6-7,9,13H,5H2,1-4H3. The van der Waals surface area contributed by atoms with Gasteiger partial charge >= 0.3 is 0 Å². The number of hydrogen-bond acceptors (Lipinski definition) is 3. The second-order valence-electron chi connectivity index (χ2n) is 3.85. The Hall–Kier alpha value is -0.870. The van der Waals surface area contributed by atoms with Crippen molar-refractivity contribution in [3.8, 4) is 0 Å². The van der Waals surface area contributed by atoms with Crippen molar-refractivity contribution < 1.29 is 9.84 Å². The summed E-state index contributed by atoms with van der Waals surface area (Å²) in [5.41, 5.74) is 0.0503. The monoisotopic (exact) mass is 198 g/mol. The van der Waals surface area contributed by atoms with Crippen LogP contribution in [0.4, 0.5) is 0 Å². The van der Waals surface area contributed by atoms with Crippen molar-refractivity contribution in [3.63, 3.8) is 0 Å². The van der Waals surface area contributed by atoms with Crippen molar-refractivity contribution in [2.24, 2.45) is 7.05 Å². The summed E-state index contributed by atoms with van der Waals surface area (Å²) < 4.78 is 7.12. The van der Waals surface area contributed by atoms with Gasteiger partial charge in [-0.2, -0.15) is 5.10 Å². The normalized spacial score (nSPS) is 14.4. The van der Waals surface area contributed by atoms with Gasteiger partial charge in [0, 0.05) is 19.9 Å². The molecule has 0 saturated heterocycles. The number of hydrogen-bond donors (Lipinski definition) is 1. The molecule has 80 valence electrons. The quantitative estimate of drug-likeness (QED) is 0.792. The number of aliphatic hydroxyl groups excluding tert-OH is 1. The first-order valence-electron chi connectivity index (χ1n) is 4.79. The van der Waals surface area contributed by atoms with Crippen LogP contribution in [0.5, 0.6) is 0 Å². The predicted molar refractivity (Wildman–Crippen MR) is 53.9 cm³/mol. The molecule has 0 bridgehead atoms. The van der Waals surface area contributed by atoms with Gasteiger partial charge in [-0.1, -0.05) is 0 Å². The van der Waals surface area contributed by atoms with Crippen LogP contribution >= 0.6 is 0 Å². The SMILES string of the molecule is CCOC(C)(C)C(O)c1ccn(C)n1. The predicted octanol–water partition coefficient (Wildman–Crippen LogP) is 1.27. The number of aliphatic hydroxyl groups is 1. The van der Waals surface area contributed by atoms with Gasteiger partial charge in [0.15, 0.2) is 0 Å². The molecule has 0 aliphatic carbocycles. The van der Waals surface area contributed by atoms with Crippen LogP contribution < -0.4 is 0 Å². The Morgan fingerprint density at radius 2 is 2.29 bits per heavy atom. The molecule has 0 saturated carbocycles. The lowest BCUT2D eigenvalue weighted by molar-refractivity contribution is -0.0999. The van der Waals surface area contributed by atoms with Crippen LogP contribution in [0.1, 0.15) is 32.6 Å². The van der Waals surface area contributed by atoms with Gasteiger partial charge in [-0.15, -0.1) is 0 Å². The summed E-state index contributed by atoms with van der Waals surface area (Å²) in [5.74, 6) is 0. The van der Waals surface area contributed by atoms with E-state index in [-0.39, 0.29) is 0 Å². The number of aromatic nitrogens is 2. The summed E-state index contributed by atoms with van der Waals surface area (Å²) in [6.45, 7) is 6.20. The van der Waals surface area contributed by atoms with Gasteiger partial charge in [-0.3, -0.25) is 4.68 Å². The molecule has 0 aliphatic heterocycles. The summed E-state index contributed by atoms with van der Waals surface area (Å²) in [5, 5.41) is 14.1. The number of ether oxygens (including phenoxy) is 1. The highest BCUT2D eigenvalue weighted by molar-refractivity contribution is 5.07. The van der Waals surface area contributed by atoms with Crippen molar-refractivity contribution in [1.29, 1.82) is 0 Å². The lowest BCUT2D eigenvalue weighted by atomic mass is 9.99. The highest BCUT2D eigenvalue weighted by Crippen LogP contribution is 2.27. The smallest absolute Gasteiger partial charge is 0.126 e. The first-order chi connectivity index (χ1) is 6.47. The van der Waals surface area contributed by atoms with E-state index in [1.54, 1.807) is 16.9 Å². The second kappa shape index (κ2) is 4.11. The molecule has 1 unspecified atom stereocenters. The summed E-state index contributed by atoms with van der Waals surface area (Å²) in [7, 11) is 1.82. The fraction of sp³-hybridized carbons (Fsp3) is 0.700. The van der Waals surface area contributed by atoms with Gasteiger partial charge in [0.2, 0.25) is 0 Å². The van der Waals surface area contributed by atoms with Crippen LogP contribution in [-0.4, -0.2) is 27.1 Å². The molecule has 14 heavy (non-hydrogen) atoms. The zero-order valence-corrected chi connectivity index (χ0v) is 9.19. The summed E-state index contributed by atoms with van der Waals surface area (Å²) in [6, 6.07) is 1.80. The van der Waals surface area contributed by atoms with Crippen molar-refractivity contribution in [2.45, 2.75) is 32.5 Å². The van der Waals surface area contributed by atoms with Crippen LogP contribution in [0.2, 0.25) is 0 Å². The lowest BCUT2D eigenvalue weighted by Crippen LogP contribution is -2.33. The molecule has 1 heterocycles. The molecule has 0 radical (unpaired) electrons. The van der Waals surface area contributed by atoms with Gasteiger partial charge in [0.1, 0.15) is 6.10 Å². The van der Waals surface area contributed by atoms with Gasteiger partial charge < -0.3 is 9.84 Å². The van der Waals surface area contributed by atoms with E-state index < -0.39 is 11.7 Å². The molecule has 1 N–H and O–H groups in total. The molecular formula is C10H18N2O2. The molecule has 0 spiro atoms. The van der Waals surface area contributed by atoms with E-state index in [1.165, 1.54) is 0 Å². The maximum atomic E-state index is 9.99. The van der Waals surface area contributed by atoms with Gasteiger partial charge in [-0.05, 0) is 26.8 Å². The van der Waals surface area contributed by atoms with E-state index in [9.17, 15) is 5.11 Å². The minimum atomic E-state index is -0.691. The zero-order chi connectivity index (χ0) is 10.8. The molecule has 0 aromatic carbocycles. The van der Waals surface area contributed by atoms with Crippen LogP contribution in [0.25, 0.3) is 0 Å². The largest absolute Gasteiger partial charge is 0.384 e. The fourth-order valence-electron chi connectivity index (χ4n) is 1.39. The minimum Gasteiger partial charge on any atom is -0.384 e. The molecule has 4 nitrogen and oxygen atoms in total. The van der Waals surface area contributed by atoms with E-state index in [0.29, 0.717) is 12.3 Å². The molecular weight excluding hydrogens is 180 g/mol. The van der Waals surface area contributed by atoms with Crippen LogP contribution in [0.15, 0.2) is 12.3 Å². The Morgan fingerprint density at radius 1 is 1.64 bits per heavy atom. The Labute approximate surface area is 84.5 Å². The highest BCUT2D eigenvalue weighted by Gasteiger charge is 2.31. The summed E-state index contributed by atoms with van der Waals surface area (Å²) in [6.07, 6.45) is 1.12. The Bertz CT molecular complexity index is 294.